The molecule has 0 heterocycles. The predicted octanol–water partition coefficient (Wildman–Crippen LogP) is 2.00. The Morgan fingerprint density at radius 1 is 1.00 bits per heavy atom. The molecule has 0 spiro atoms. The molecule has 0 N–H and O–H groups in total. The van der Waals surface area contributed by atoms with E-state index in [1.54, 1.807) is 0 Å². The van der Waals surface area contributed by atoms with Crippen LogP contribution in [0.3, 0.4) is 0 Å². The van der Waals surface area contributed by atoms with Crippen LogP contribution in [0.25, 0.3) is 0 Å². The van der Waals surface area contributed by atoms with Crippen LogP contribution in [0.1, 0.15) is 13.8 Å². The van der Waals surface area contributed by atoms with Crippen LogP contribution in [0, 0.1) is 0 Å². The van der Waals surface area contributed by atoms with Gasteiger partial charge in [0.1, 0.15) is 13.1 Å². The molecule has 55 valence electrons. The zero-order valence-corrected chi connectivity index (χ0v) is 8.36. The maximum Gasteiger partial charge on any atom is 0.321 e. The van der Waals surface area contributed by atoms with Crippen molar-refractivity contribution in [1.82, 2.24) is 4.57 Å². The van der Waals surface area contributed by atoms with Crippen LogP contribution in [0.4, 0.5) is 0 Å². The van der Waals surface area contributed by atoms with Crippen molar-refractivity contribution in [3.63, 3.8) is 0 Å². The highest BCUT2D eigenvalue weighted by Gasteiger charge is 2.32. The molecule has 0 aromatic rings. The van der Waals surface area contributed by atoms with Gasteiger partial charge in [-0.25, -0.2) is 4.57 Å². The maximum absolute atomic E-state index is 2.58. The minimum atomic E-state index is -0.953. The highest BCUT2D eigenvalue weighted by Crippen LogP contribution is 2.03. The van der Waals surface area contributed by atoms with Gasteiger partial charge in [0.15, 0.2) is 0 Å². The lowest BCUT2D eigenvalue weighted by atomic mass is 10.7. The molecular weight excluding hydrogens is 126 g/mol. The minimum Gasteiger partial charge on any atom is -0.241 e. The number of hydrogen-bond donors (Lipinski definition) is 0. The van der Waals surface area contributed by atoms with Crippen molar-refractivity contribution < 1.29 is 0 Å². The highest BCUT2D eigenvalue weighted by molar-refractivity contribution is 6.74. The molecule has 0 aliphatic carbocycles. The average molecular weight is 145 g/mol. The van der Waals surface area contributed by atoms with Gasteiger partial charge in [-0.1, -0.05) is 0 Å². The molecule has 0 atom stereocenters. The summed E-state index contributed by atoms with van der Waals surface area (Å²) < 4.78 is 2.58. The standard InChI is InChI=1S/C7H19NSi/c1-6-8(7-2)9(3,4)5/h6-7H2,1-5H3/q+1. The molecule has 0 saturated carbocycles. The van der Waals surface area contributed by atoms with E-state index in [1.165, 1.54) is 13.1 Å². The summed E-state index contributed by atoms with van der Waals surface area (Å²) in [5, 5.41) is 0. The first-order chi connectivity index (χ1) is 4.02. The summed E-state index contributed by atoms with van der Waals surface area (Å²) in [4.78, 5) is 0. The van der Waals surface area contributed by atoms with E-state index in [4.69, 9.17) is 0 Å². The van der Waals surface area contributed by atoms with E-state index in [-0.39, 0.29) is 0 Å². The fraction of sp³-hybridized carbons (Fsp3) is 1.00. The third-order valence-electron chi connectivity index (χ3n) is 1.71. The largest absolute Gasteiger partial charge is 0.321 e. The number of rotatable bonds is 3. The summed E-state index contributed by atoms with van der Waals surface area (Å²) in [6.07, 6.45) is 0. The Labute approximate surface area is 60.1 Å². The van der Waals surface area contributed by atoms with Crippen molar-refractivity contribution in [1.29, 1.82) is 0 Å². The zero-order chi connectivity index (χ0) is 7.49. The molecule has 0 unspecified atom stereocenters. The molecule has 0 fully saturated rings. The van der Waals surface area contributed by atoms with E-state index in [0.29, 0.717) is 0 Å². The molecule has 0 aliphatic heterocycles. The second-order valence-corrected chi connectivity index (χ2v) is 8.32. The minimum absolute atomic E-state index is 0.953. The smallest absolute Gasteiger partial charge is 0.241 e. The zero-order valence-electron chi connectivity index (χ0n) is 7.36. The van der Waals surface area contributed by atoms with Gasteiger partial charge in [0.05, 0.1) is 0 Å². The molecule has 0 amide bonds. The molecule has 0 aromatic carbocycles. The predicted molar refractivity (Wildman–Crippen MR) is 46.6 cm³/mol. The Bertz CT molecular complexity index is 71.5. The van der Waals surface area contributed by atoms with E-state index in [0.717, 1.165) is 0 Å². The number of hydrogen-bond acceptors (Lipinski definition) is 1. The molecule has 0 bridgehead atoms. The molecule has 1 radical (unpaired) electrons. The first kappa shape index (κ1) is 9.18. The molecule has 0 aromatic heterocycles. The van der Waals surface area contributed by atoms with Gasteiger partial charge in [-0.05, 0) is 33.5 Å². The Hall–Kier alpha value is 0.177. The molecule has 0 rings (SSSR count). The second kappa shape index (κ2) is 3.37. The summed E-state index contributed by atoms with van der Waals surface area (Å²) in [6, 6.07) is 0. The molecule has 0 aliphatic rings. The summed E-state index contributed by atoms with van der Waals surface area (Å²) in [5.41, 5.74) is 0. The van der Waals surface area contributed by atoms with Crippen molar-refractivity contribution >= 4 is 8.24 Å². The van der Waals surface area contributed by atoms with Crippen LogP contribution in [-0.4, -0.2) is 21.3 Å². The van der Waals surface area contributed by atoms with Gasteiger partial charge in [0.2, 0.25) is 0 Å². The van der Waals surface area contributed by atoms with E-state index < -0.39 is 8.24 Å². The Morgan fingerprint density at radius 2 is 1.33 bits per heavy atom. The van der Waals surface area contributed by atoms with Crippen molar-refractivity contribution in [3.05, 3.63) is 0 Å². The lowest BCUT2D eigenvalue weighted by Crippen LogP contribution is -2.50. The monoisotopic (exact) mass is 145 g/mol. The highest BCUT2D eigenvalue weighted by atomic mass is 28.3. The van der Waals surface area contributed by atoms with Crippen molar-refractivity contribution in [2.45, 2.75) is 33.5 Å². The van der Waals surface area contributed by atoms with Gasteiger partial charge in [0, 0.05) is 0 Å². The lowest BCUT2D eigenvalue weighted by Gasteiger charge is -2.20. The summed E-state index contributed by atoms with van der Waals surface area (Å²) in [5.74, 6) is 0. The van der Waals surface area contributed by atoms with Crippen LogP contribution >= 0.6 is 0 Å². The molecular formula is C7H19NSi+. The second-order valence-electron chi connectivity index (χ2n) is 3.34. The van der Waals surface area contributed by atoms with Crippen molar-refractivity contribution in [2.24, 2.45) is 0 Å². The van der Waals surface area contributed by atoms with Gasteiger partial charge in [-0.2, -0.15) is 0 Å². The summed E-state index contributed by atoms with van der Waals surface area (Å²) in [6.45, 7) is 14.1. The van der Waals surface area contributed by atoms with Crippen molar-refractivity contribution in [2.75, 3.05) is 13.1 Å². The Kier molecular flexibility index (Phi) is 3.44. The van der Waals surface area contributed by atoms with Gasteiger partial charge < -0.3 is 0 Å². The van der Waals surface area contributed by atoms with Gasteiger partial charge in [-0.15, -0.1) is 0 Å². The Balaban J connectivity index is 3.79. The van der Waals surface area contributed by atoms with Crippen LogP contribution in [-0.2, 0) is 0 Å². The third kappa shape index (κ3) is 3.01. The van der Waals surface area contributed by atoms with Crippen LogP contribution in [0.5, 0.6) is 0 Å². The van der Waals surface area contributed by atoms with Gasteiger partial charge in [-0.3, -0.25) is 0 Å². The molecule has 9 heavy (non-hydrogen) atoms. The van der Waals surface area contributed by atoms with Crippen molar-refractivity contribution in [3.8, 4) is 0 Å². The van der Waals surface area contributed by atoms with E-state index in [2.05, 4.69) is 38.1 Å². The number of nitrogens with zero attached hydrogens (tertiary/aromatic N) is 1. The third-order valence-corrected chi connectivity index (χ3v) is 4.24. The van der Waals surface area contributed by atoms with E-state index in [9.17, 15) is 0 Å². The van der Waals surface area contributed by atoms with Gasteiger partial charge in [0.25, 0.3) is 0 Å². The molecule has 0 saturated heterocycles. The quantitative estimate of drug-likeness (QED) is 0.536. The summed E-state index contributed by atoms with van der Waals surface area (Å²) >= 11 is 0. The maximum atomic E-state index is 2.58. The van der Waals surface area contributed by atoms with Crippen LogP contribution in [0.15, 0.2) is 0 Å². The first-order valence-corrected chi connectivity index (χ1v) is 7.22. The Morgan fingerprint density at radius 3 is 1.33 bits per heavy atom. The normalized spacial score (nSPS) is 12.7. The van der Waals surface area contributed by atoms with Crippen LogP contribution < -0.4 is 4.57 Å². The topological polar surface area (TPSA) is 5.90 Å². The average Bonchev–Trinajstić information content (AvgIpc) is 1.65. The van der Waals surface area contributed by atoms with E-state index in [1.807, 2.05) is 0 Å². The lowest BCUT2D eigenvalue weighted by molar-refractivity contribution is 0.618. The molecule has 1 nitrogen and oxygen atoms in total. The van der Waals surface area contributed by atoms with E-state index >= 15 is 0 Å². The SMILES string of the molecule is CC[N+](CC)[Si](C)(C)C. The fourth-order valence-corrected chi connectivity index (χ4v) is 3.07. The van der Waals surface area contributed by atoms with Crippen LogP contribution in [0.2, 0.25) is 19.6 Å². The fourth-order valence-electron chi connectivity index (χ4n) is 1.17. The first-order valence-electron chi connectivity index (χ1n) is 3.77. The molecule has 2 heteroatoms. The summed E-state index contributed by atoms with van der Waals surface area (Å²) in [7, 11) is -0.953. The van der Waals surface area contributed by atoms with Gasteiger partial charge >= 0.3 is 8.24 Å².